The van der Waals surface area contributed by atoms with Crippen LogP contribution in [-0.4, -0.2) is 42.0 Å². The molecular weight excluding hydrogens is 372 g/mol. The number of hydrogen-bond acceptors (Lipinski definition) is 5. The van der Waals surface area contributed by atoms with E-state index in [-0.39, 0.29) is 17.4 Å². The van der Waals surface area contributed by atoms with E-state index in [9.17, 15) is 9.59 Å². The average Bonchev–Trinajstić information content (AvgIpc) is 3.12. The molecule has 3 aromatic rings. The number of ether oxygens (including phenoxy) is 2. The largest absolute Gasteiger partial charge is 0.497 e. The molecule has 3 rings (SSSR count). The van der Waals surface area contributed by atoms with Crippen LogP contribution >= 0.6 is 0 Å². The van der Waals surface area contributed by atoms with Gasteiger partial charge in [-0.05, 0) is 30.2 Å². The maximum Gasteiger partial charge on any atom is 0.292 e. The molecule has 29 heavy (non-hydrogen) atoms. The maximum absolute atomic E-state index is 12.9. The number of fused-ring (bicyclic) bond motifs is 1. The van der Waals surface area contributed by atoms with Crippen molar-refractivity contribution in [2.45, 2.75) is 13.8 Å². The Morgan fingerprint density at radius 2 is 1.90 bits per heavy atom. The fraction of sp³-hybridized carbons (Fsp3) is 0.286. The second kappa shape index (κ2) is 8.64. The van der Waals surface area contributed by atoms with E-state index >= 15 is 0 Å². The van der Waals surface area contributed by atoms with Crippen LogP contribution in [0.25, 0.3) is 5.52 Å². The lowest BCUT2D eigenvalue weighted by Crippen LogP contribution is -2.27. The van der Waals surface area contributed by atoms with E-state index < -0.39 is 5.91 Å². The Morgan fingerprint density at radius 3 is 2.59 bits per heavy atom. The molecule has 0 spiro atoms. The van der Waals surface area contributed by atoms with Crippen molar-refractivity contribution in [1.29, 1.82) is 0 Å². The lowest BCUT2D eigenvalue weighted by atomic mass is 10.2. The average molecular weight is 396 g/mol. The minimum Gasteiger partial charge on any atom is -0.497 e. The first-order valence-corrected chi connectivity index (χ1v) is 9.23. The molecule has 0 saturated heterocycles. The number of benzene rings is 1. The molecule has 2 N–H and O–H groups in total. The van der Waals surface area contributed by atoms with Crippen molar-refractivity contribution in [2.24, 2.45) is 5.92 Å². The van der Waals surface area contributed by atoms with Gasteiger partial charge in [-0.2, -0.15) is 0 Å². The molecule has 8 heteroatoms. The van der Waals surface area contributed by atoms with Crippen molar-refractivity contribution >= 4 is 23.0 Å². The predicted molar refractivity (Wildman–Crippen MR) is 110 cm³/mol. The van der Waals surface area contributed by atoms with Crippen LogP contribution in [0.4, 0.5) is 5.69 Å². The molecule has 0 atom stereocenters. The summed E-state index contributed by atoms with van der Waals surface area (Å²) < 4.78 is 12.1. The first kappa shape index (κ1) is 20.2. The van der Waals surface area contributed by atoms with Crippen LogP contribution < -0.4 is 20.1 Å². The van der Waals surface area contributed by atoms with Gasteiger partial charge in [-0.25, -0.2) is 4.98 Å². The number of aromatic nitrogens is 2. The molecule has 0 fully saturated rings. The number of nitrogens with zero attached hydrogens (tertiary/aromatic N) is 2. The number of nitrogens with one attached hydrogen (secondary N) is 2. The Bertz CT molecular complexity index is 1040. The smallest absolute Gasteiger partial charge is 0.292 e. The van der Waals surface area contributed by atoms with Gasteiger partial charge in [0.25, 0.3) is 11.8 Å². The molecule has 0 saturated carbocycles. The van der Waals surface area contributed by atoms with Crippen LogP contribution in [0, 0.1) is 5.92 Å². The summed E-state index contributed by atoms with van der Waals surface area (Å²) in [5, 5.41) is 5.63. The van der Waals surface area contributed by atoms with Gasteiger partial charge in [0, 0.05) is 18.8 Å². The topological polar surface area (TPSA) is 94.0 Å². The zero-order valence-corrected chi connectivity index (χ0v) is 16.9. The summed E-state index contributed by atoms with van der Waals surface area (Å²) >= 11 is 0. The molecule has 0 bridgehead atoms. The third kappa shape index (κ3) is 4.31. The molecule has 0 aliphatic carbocycles. The van der Waals surface area contributed by atoms with E-state index in [0.717, 1.165) is 0 Å². The first-order chi connectivity index (χ1) is 13.9. The highest BCUT2D eigenvalue weighted by Crippen LogP contribution is 2.29. The van der Waals surface area contributed by atoms with Gasteiger partial charge in [0.2, 0.25) is 5.82 Å². The predicted octanol–water partition coefficient (Wildman–Crippen LogP) is 2.99. The van der Waals surface area contributed by atoms with E-state index in [1.165, 1.54) is 7.11 Å². The monoisotopic (exact) mass is 396 g/mol. The number of hydrogen-bond donors (Lipinski definition) is 2. The van der Waals surface area contributed by atoms with E-state index in [0.29, 0.717) is 35.2 Å². The first-order valence-electron chi connectivity index (χ1n) is 9.23. The molecule has 1 aromatic carbocycles. The Morgan fingerprint density at radius 1 is 1.10 bits per heavy atom. The van der Waals surface area contributed by atoms with Gasteiger partial charge in [0.1, 0.15) is 11.5 Å². The number of carbonyl (C=O) groups excluding carboxylic acids is 2. The third-order valence-electron chi connectivity index (χ3n) is 4.29. The number of pyridine rings is 1. The lowest BCUT2D eigenvalue weighted by molar-refractivity contribution is 0.0946. The Kier molecular flexibility index (Phi) is 6.01. The maximum atomic E-state index is 12.9. The summed E-state index contributed by atoms with van der Waals surface area (Å²) in [6.45, 7) is 4.54. The summed E-state index contributed by atoms with van der Waals surface area (Å²) in [5.41, 5.74) is 1.23. The highest BCUT2D eigenvalue weighted by molar-refractivity contribution is 6.06. The van der Waals surface area contributed by atoms with Crippen molar-refractivity contribution in [3.63, 3.8) is 0 Å². The van der Waals surface area contributed by atoms with Crippen LogP contribution in [-0.2, 0) is 0 Å². The SMILES string of the molecule is COc1ccc(NC(=O)c2nc(C(=O)NCC(C)C)c3ccccn23)c(OC)c1. The number of amides is 2. The fourth-order valence-corrected chi connectivity index (χ4v) is 2.83. The minimum atomic E-state index is -0.461. The van der Waals surface area contributed by atoms with Crippen molar-refractivity contribution in [3.8, 4) is 11.5 Å². The molecule has 2 aromatic heterocycles. The van der Waals surface area contributed by atoms with Crippen LogP contribution in [0.2, 0.25) is 0 Å². The van der Waals surface area contributed by atoms with Crippen LogP contribution in [0.5, 0.6) is 11.5 Å². The summed E-state index contributed by atoms with van der Waals surface area (Å²) in [5.74, 6) is 0.691. The standard InChI is InChI=1S/C21H24N4O4/c1-13(2)12-22-20(26)18-16-7-5-6-10-25(16)19(24-18)21(27)23-15-9-8-14(28-3)11-17(15)29-4/h5-11,13H,12H2,1-4H3,(H,22,26)(H,23,27). The highest BCUT2D eigenvalue weighted by atomic mass is 16.5. The molecule has 0 unspecified atom stereocenters. The molecule has 2 amide bonds. The van der Waals surface area contributed by atoms with Gasteiger partial charge < -0.3 is 20.1 Å². The molecule has 0 aliphatic heterocycles. The Hall–Kier alpha value is -3.55. The van der Waals surface area contributed by atoms with E-state index in [1.54, 1.807) is 54.1 Å². The lowest BCUT2D eigenvalue weighted by Gasteiger charge is -2.11. The normalized spacial score (nSPS) is 10.8. The molecular formula is C21H24N4O4. The Labute approximate surface area is 168 Å². The molecule has 0 radical (unpaired) electrons. The molecule has 8 nitrogen and oxygen atoms in total. The van der Waals surface area contributed by atoms with Crippen LogP contribution in [0.15, 0.2) is 42.6 Å². The zero-order valence-electron chi connectivity index (χ0n) is 16.9. The number of rotatable bonds is 7. The Balaban J connectivity index is 1.93. The van der Waals surface area contributed by atoms with Gasteiger partial charge in [-0.15, -0.1) is 0 Å². The van der Waals surface area contributed by atoms with Crippen molar-refractivity contribution in [1.82, 2.24) is 14.7 Å². The van der Waals surface area contributed by atoms with Crippen molar-refractivity contribution < 1.29 is 19.1 Å². The molecule has 152 valence electrons. The molecule has 2 heterocycles. The van der Waals surface area contributed by atoms with Gasteiger partial charge in [0.15, 0.2) is 5.69 Å². The molecule has 0 aliphatic rings. The third-order valence-corrected chi connectivity index (χ3v) is 4.29. The number of anilines is 1. The van der Waals surface area contributed by atoms with Crippen molar-refractivity contribution in [2.75, 3.05) is 26.1 Å². The summed E-state index contributed by atoms with van der Waals surface area (Å²) in [4.78, 5) is 29.8. The van der Waals surface area contributed by atoms with Gasteiger partial charge >= 0.3 is 0 Å². The highest BCUT2D eigenvalue weighted by Gasteiger charge is 2.22. The van der Waals surface area contributed by atoms with Gasteiger partial charge in [-0.3, -0.25) is 14.0 Å². The van der Waals surface area contributed by atoms with E-state index in [2.05, 4.69) is 15.6 Å². The minimum absolute atomic E-state index is 0.105. The second-order valence-electron chi connectivity index (χ2n) is 6.86. The second-order valence-corrected chi connectivity index (χ2v) is 6.86. The van der Waals surface area contributed by atoms with Gasteiger partial charge in [0.05, 0.1) is 25.4 Å². The van der Waals surface area contributed by atoms with Gasteiger partial charge in [-0.1, -0.05) is 19.9 Å². The van der Waals surface area contributed by atoms with Crippen LogP contribution in [0.1, 0.15) is 35.0 Å². The fourth-order valence-electron chi connectivity index (χ4n) is 2.83. The number of imidazole rings is 1. The van der Waals surface area contributed by atoms with E-state index in [4.69, 9.17) is 9.47 Å². The number of carbonyl (C=O) groups is 2. The summed E-state index contributed by atoms with van der Waals surface area (Å²) in [7, 11) is 3.06. The quantitative estimate of drug-likeness (QED) is 0.640. The van der Waals surface area contributed by atoms with E-state index in [1.807, 2.05) is 13.8 Å². The summed E-state index contributed by atoms with van der Waals surface area (Å²) in [6, 6.07) is 10.4. The van der Waals surface area contributed by atoms with Crippen molar-refractivity contribution in [3.05, 3.63) is 54.1 Å². The summed E-state index contributed by atoms with van der Waals surface area (Å²) in [6.07, 6.45) is 1.70. The van der Waals surface area contributed by atoms with Crippen LogP contribution in [0.3, 0.4) is 0 Å². The number of methoxy groups -OCH3 is 2. The zero-order chi connectivity index (χ0) is 21.0.